The molecule has 1 saturated heterocycles. The van der Waals surface area contributed by atoms with Gasteiger partial charge in [0.25, 0.3) is 0 Å². The standard InChI is InChI=1S/C8H16B2NO4P/c1-13-4-5-6(11-16(3,10)12)7(14-2)8(9)15-5/h5-8H,4H2,1-3H3,(H,11,12)/q-1/t5-,6?,7+,8-,16?/m1/s1. The lowest BCUT2D eigenvalue weighted by atomic mass is 9.92. The van der Waals surface area contributed by atoms with Crippen molar-refractivity contribution in [3.8, 4) is 0 Å². The van der Waals surface area contributed by atoms with Crippen LogP contribution in [0.1, 0.15) is 0 Å². The second-order valence-corrected chi connectivity index (χ2v) is 6.18. The van der Waals surface area contributed by atoms with E-state index in [1.807, 2.05) is 0 Å². The fraction of sp³-hybridized carbons (Fsp3) is 1.00. The third kappa shape index (κ3) is 3.60. The molecule has 5 nitrogen and oxygen atoms in total. The third-order valence-corrected chi connectivity index (χ3v) is 3.23. The molecule has 0 aliphatic carbocycles. The van der Waals surface area contributed by atoms with Gasteiger partial charge in [-0.2, -0.15) is 0 Å². The molecule has 1 heterocycles. The van der Waals surface area contributed by atoms with Gasteiger partial charge in [0.05, 0.1) is 24.9 Å². The highest BCUT2D eigenvalue weighted by Gasteiger charge is 2.42. The summed E-state index contributed by atoms with van der Waals surface area (Å²) in [6.07, 6.45) is -0.709. The van der Waals surface area contributed by atoms with Crippen LogP contribution in [0.3, 0.4) is 0 Å². The molecular weight excluding hydrogens is 227 g/mol. The largest absolute Gasteiger partial charge is 0.501 e. The van der Waals surface area contributed by atoms with Crippen LogP contribution in [-0.2, 0) is 18.8 Å². The van der Waals surface area contributed by atoms with Gasteiger partial charge in [0, 0.05) is 20.2 Å². The predicted molar refractivity (Wildman–Crippen MR) is 63.3 cm³/mol. The van der Waals surface area contributed by atoms with Crippen LogP contribution in [0.25, 0.3) is 0 Å². The van der Waals surface area contributed by atoms with E-state index in [0.717, 1.165) is 0 Å². The van der Waals surface area contributed by atoms with Crippen molar-refractivity contribution in [1.29, 1.82) is 0 Å². The first-order valence-electron chi connectivity index (χ1n) is 4.95. The van der Waals surface area contributed by atoms with E-state index in [-0.39, 0.29) is 12.1 Å². The summed E-state index contributed by atoms with van der Waals surface area (Å²) in [5.41, 5.74) is 0. The highest BCUT2D eigenvalue weighted by Crippen LogP contribution is 2.34. The van der Waals surface area contributed by atoms with Gasteiger partial charge in [-0.05, 0) is 6.66 Å². The molecule has 5 atom stereocenters. The van der Waals surface area contributed by atoms with Crippen LogP contribution < -0.4 is 5.09 Å². The number of hydrogen-bond acceptors (Lipinski definition) is 4. The first-order chi connectivity index (χ1) is 7.39. The van der Waals surface area contributed by atoms with Gasteiger partial charge in [0.2, 0.25) is 0 Å². The number of ether oxygens (including phenoxy) is 3. The summed E-state index contributed by atoms with van der Waals surface area (Å²) in [6, 6.07) is -0.907. The molecule has 89 valence electrons. The molecule has 0 spiro atoms. The Morgan fingerprint density at radius 2 is 2.19 bits per heavy atom. The summed E-state index contributed by atoms with van der Waals surface area (Å²) >= 11 is 0. The molecule has 1 aliphatic heterocycles. The number of nitrogens with one attached hydrogen (secondary N) is 1. The molecule has 1 rings (SSSR count). The van der Waals surface area contributed by atoms with E-state index in [9.17, 15) is 4.57 Å². The Kier molecular flexibility index (Phi) is 5.08. The Morgan fingerprint density at radius 1 is 1.56 bits per heavy atom. The number of methoxy groups -OCH3 is 2. The zero-order valence-electron chi connectivity index (χ0n) is 9.75. The lowest BCUT2D eigenvalue weighted by Crippen LogP contribution is -2.45. The molecule has 0 amide bonds. The molecule has 0 bridgehead atoms. The molecule has 8 heteroatoms. The summed E-state index contributed by atoms with van der Waals surface area (Å²) in [5, 5.41) is 2.81. The number of rotatable bonds is 5. The van der Waals surface area contributed by atoms with Crippen LogP contribution in [0.15, 0.2) is 0 Å². The zero-order valence-corrected chi connectivity index (χ0v) is 10.6. The van der Waals surface area contributed by atoms with Gasteiger partial charge in [-0.25, -0.2) is 0 Å². The average molecular weight is 243 g/mol. The number of hydrogen-bond donors (Lipinski definition) is 1. The van der Waals surface area contributed by atoms with Gasteiger partial charge in [0.1, 0.15) is 7.85 Å². The van der Waals surface area contributed by atoms with Crippen molar-refractivity contribution in [2.75, 3.05) is 27.5 Å². The zero-order chi connectivity index (χ0) is 12.3. The van der Waals surface area contributed by atoms with Crippen molar-refractivity contribution in [2.45, 2.75) is 24.3 Å². The summed E-state index contributed by atoms with van der Waals surface area (Å²) in [5.74, 6) is 0. The van der Waals surface area contributed by atoms with Crippen molar-refractivity contribution < 1.29 is 18.8 Å². The normalized spacial score (nSPS) is 38.5. The van der Waals surface area contributed by atoms with Gasteiger partial charge in [-0.3, -0.25) is 5.09 Å². The van der Waals surface area contributed by atoms with Crippen molar-refractivity contribution in [1.82, 2.24) is 5.09 Å². The third-order valence-electron chi connectivity index (χ3n) is 2.42. The Bertz CT molecular complexity index is 275. The van der Waals surface area contributed by atoms with E-state index in [1.54, 1.807) is 7.11 Å². The highest BCUT2D eigenvalue weighted by molar-refractivity contribution is 7.85. The molecule has 0 aromatic rings. The molecule has 0 aromatic carbocycles. The van der Waals surface area contributed by atoms with E-state index in [2.05, 4.69) is 5.09 Å². The molecule has 1 fully saturated rings. The van der Waals surface area contributed by atoms with Crippen LogP contribution >= 0.6 is 7.17 Å². The van der Waals surface area contributed by atoms with Crippen LogP contribution in [0.2, 0.25) is 0 Å². The van der Waals surface area contributed by atoms with Crippen LogP contribution in [0.5, 0.6) is 0 Å². The van der Waals surface area contributed by atoms with Crippen LogP contribution in [0, 0.1) is 0 Å². The maximum Gasteiger partial charge on any atom is 0.112 e. The fourth-order valence-electron chi connectivity index (χ4n) is 1.82. The quantitative estimate of drug-likeness (QED) is 0.520. The molecule has 2 unspecified atom stereocenters. The van der Waals surface area contributed by atoms with Gasteiger partial charge < -0.3 is 26.3 Å². The summed E-state index contributed by atoms with van der Waals surface area (Å²) in [4.78, 5) is 0. The van der Waals surface area contributed by atoms with E-state index < -0.39 is 19.3 Å². The Hall–Kier alpha value is 0.200. The predicted octanol–water partition coefficient (Wildman–Crippen LogP) is -0.509. The molecule has 0 aromatic heterocycles. The lowest BCUT2D eigenvalue weighted by molar-refractivity contribution is 0.00970. The summed E-state index contributed by atoms with van der Waals surface area (Å²) in [7, 11) is 11.4. The minimum Gasteiger partial charge on any atom is -0.501 e. The molecule has 0 saturated carbocycles. The summed E-state index contributed by atoms with van der Waals surface area (Å²) < 4.78 is 27.2. The van der Waals surface area contributed by atoms with Crippen LogP contribution in [-0.4, -0.2) is 67.2 Å². The van der Waals surface area contributed by atoms with Gasteiger partial charge in [-0.1, -0.05) is 0 Å². The van der Waals surface area contributed by atoms with Gasteiger partial charge >= 0.3 is 0 Å². The Labute approximate surface area is 98.8 Å². The smallest absolute Gasteiger partial charge is 0.112 e. The van der Waals surface area contributed by atoms with E-state index >= 15 is 0 Å². The molecule has 1 aliphatic rings. The molecule has 16 heavy (non-hydrogen) atoms. The van der Waals surface area contributed by atoms with Crippen LogP contribution in [0.4, 0.5) is 0 Å². The highest BCUT2D eigenvalue weighted by atomic mass is 31.2. The first-order valence-corrected chi connectivity index (χ1v) is 7.18. The second-order valence-electron chi connectivity index (χ2n) is 3.94. The second kappa shape index (κ2) is 5.69. The SMILES string of the molecule is [B][C@@H]1O[C@H](COC)C(NP([B-])(C)=O)[C@@H]1OC. The fourth-order valence-corrected chi connectivity index (χ4v) is 2.73. The lowest BCUT2D eigenvalue weighted by Gasteiger charge is -2.32. The topological polar surface area (TPSA) is 56.8 Å². The minimum absolute atomic E-state index is 0.318. The van der Waals surface area contributed by atoms with E-state index in [1.165, 1.54) is 13.8 Å². The molecule has 5 radical (unpaired) electrons. The first kappa shape index (κ1) is 14.3. The van der Waals surface area contributed by atoms with Gasteiger partial charge in [-0.15, -0.1) is 7.17 Å². The van der Waals surface area contributed by atoms with E-state index in [4.69, 9.17) is 29.6 Å². The van der Waals surface area contributed by atoms with E-state index in [0.29, 0.717) is 6.61 Å². The molecule has 1 N–H and O–H groups in total. The maximum atomic E-state index is 11.6. The van der Waals surface area contributed by atoms with Crippen molar-refractivity contribution >= 4 is 22.6 Å². The minimum atomic E-state index is -2.87. The summed E-state index contributed by atoms with van der Waals surface area (Å²) in [6.45, 7) is 1.78. The van der Waals surface area contributed by atoms with Crippen molar-refractivity contribution in [3.63, 3.8) is 0 Å². The average Bonchev–Trinajstić information content (AvgIpc) is 2.41. The Morgan fingerprint density at radius 3 is 2.62 bits per heavy atom. The van der Waals surface area contributed by atoms with Crippen molar-refractivity contribution in [3.05, 3.63) is 0 Å². The monoisotopic (exact) mass is 243 g/mol. The van der Waals surface area contributed by atoms with Crippen molar-refractivity contribution in [2.24, 2.45) is 0 Å². The molecular formula is C8H16B2NO4P-. The Balaban J connectivity index is 2.75. The maximum absolute atomic E-state index is 11.6. The van der Waals surface area contributed by atoms with Gasteiger partial charge in [0.15, 0.2) is 0 Å².